The standard InChI is InChI=1S/C45H52O11/c1-7-42(49)55-29-36(47)27-53-40-21-13-33(14-22-40)44(3,4)31-9-17-38(18-10-31)51-25-35(46)26-52-39-19-11-32(12-20-39)45(5,6)34-15-23-41(24-16-34)54-28-37(48)30-56-43(50)8-2/h7-24,35-37,46-48H,1-2,25-30H2,3-6H3. The number of carbonyl (C=O) groups is 2. The molecule has 0 amide bonds. The molecule has 2 unspecified atom stereocenters. The normalized spacial score (nSPS) is 13.1. The summed E-state index contributed by atoms with van der Waals surface area (Å²) in [6, 6.07) is 30.7. The molecule has 4 aromatic rings. The summed E-state index contributed by atoms with van der Waals surface area (Å²) in [4.78, 5) is 22.3. The molecule has 3 N–H and O–H groups in total. The number of aliphatic hydroxyl groups is 3. The number of esters is 2. The minimum absolute atomic E-state index is 0.0209. The lowest BCUT2D eigenvalue weighted by Crippen LogP contribution is -2.25. The summed E-state index contributed by atoms with van der Waals surface area (Å²) < 4.78 is 32.7. The van der Waals surface area contributed by atoms with Crippen LogP contribution in [0.25, 0.3) is 0 Å². The summed E-state index contributed by atoms with van der Waals surface area (Å²) in [5.41, 5.74) is 3.60. The van der Waals surface area contributed by atoms with E-state index in [1.165, 1.54) is 0 Å². The zero-order valence-electron chi connectivity index (χ0n) is 32.4. The van der Waals surface area contributed by atoms with Crippen molar-refractivity contribution in [2.45, 2.75) is 56.8 Å². The van der Waals surface area contributed by atoms with Crippen LogP contribution < -0.4 is 18.9 Å². The number of rotatable bonds is 22. The van der Waals surface area contributed by atoms with E-state index in [9.17, 15) is 24.9 Å². The number of ether oxygens (including phenoxy) is 6. The van der Waals surface area contributed by atoms with Gasteiger partial charge in [-0.3, -0.25) is 0 Å². The fourth-order valence-electron chi connectivity index (χ4n) is 5.59. The van der Waals surface area contributed by atoms with Crippen LogP contribution in [0.2, 0.25) is 0 Å². The van der Waals surface area contributed by atoms with Crippen LogP contribution in [-0.4, -0.2) is 85.2 Å². The van der Waals surface area contributed by atoms with Gasteiger partial charge in [-0.05, 0) is 70.8 Å². The lowest BCUT2D eigenvalue weighted by molar-refractivity contribution is -0.142. The molecule has 0 saturated heterocycles. The van der Waals surface area contributed by atoms with Crippen LogP contribution in [-0.2, 0) is 29.9 Å². The van der Waals surface area contributed by atoms with E-state index >= 15 is 0 Å². The Morgan fingerprint density at radius 1 is 0.464 bits per heavy atom. The van der Waals surface area contributed by atoms with Crippen molar-refractivity contribution in [1.82, 2.24) is 0 Å². The predicted octanol–water partition coefficient (Wildman–Crippen LogP) is 6.09. The van der Waals surface area contributed by atoms with Crippen molar-refractivity contribution in [1.29, 1.82) is 0 Å². The second-order valence-electron chi connectivity index (χ2n) is 14.2. The Kier molecular flexibility index (Phi) is 15.7. The van der Waals surface area contributed by atoms with E-state index in [0.717, 1.165) is 34.4 Å². The Balaban J connectivity index is 1.20. The lowest BCUT2D eigenvalue weighted by atomic mass is 9.78. The molecule has 0 aromatic heterocycles. The summed E-state index contributed by atoms with van der Waals surface area (Å²) in [6.45, 7) is 14.8. The van der Waals surface area contributed by atoms with E-state index in [2.05, 4.69) is 40.9 Å². The number of aliphatic hydroxyl groups excluding tert-OH is 3. The third kappa shape index (κ3) is 12.7. The average molecular weight is 769 g/mol. The average Bonchev–Trinajstić information content (AvgIpc) is 3.22. The molecule has 0 bridgehead atoms. The Labute approximate surface area is 328 Å². The van der Waals surface area contributed by atoms with Gasteiger partial charge in [-0.25, -0.2) is 9.59 Å². The fraction of sp³-hybridized carbons (Fsp3) is 0.333. The number of benzene rings is 4. The van der Waals surface area contributed by atoms with Gasteiger partial charge < -0.3 is 43.7 Å². The first-order valence-electron chi connectivity index (χ1n) is 18.3. The monoisotopic (exact) mass is 768 g/mol. The summed E-state index contributed by atoms with van der Waals surface area (Å²) >= 11 is 0. The molecule has 4 rings (SSSR count). The maximum atomic E-state index is 11.2. The third-order valence-corrected chi connectivity index (χ3v) is 9.24. The van der Waals surface area contributed by atoms with E-state index in [1.807, 2.05) is 97.1 Å². The van der Waals surface area contributed by atoms with Gasteiger partial charge in [-0.1, -0.05) is 89.4 Å². The maximum absolute atomic E-state index is 11.2. The maximum Gasteiger partial charge on any atom is 0.330 e. The molecule has 11 nitrogen and oxygen atoms in total. The van der Waals surface area contributed by atoms with E-state index < -0.39 is 30.3 Å². The molecule has 0 radical (unpaired) electrons. The molecule has 0 aliphatic heterocycles. The van der Waals surface area contributed by atoms with Crippen LogP contribution in [0.1, 0.15) is 49.9 Å². The summed E-state index contributed by atoms with van der Waals surface area (Å²) in [7, 11) is 0. The first-order chi connectivity index (χ1) is 26.7. The summed E-state index contributed by atoms with van der Waals surface area (Å²) in [6.07, 6.45) is -0.691. The smallest absolute Gasteiger partial charge is 0.330 e. The highest BCUT2D eigenvalue weighted by Crippen LogP contribution is 2.35. The molecular formula is C45H52O11. The van der Waals surface area contributed by atoms with Crippen molar-refractivity contribution in [2.24, 2.45) is 0 Å². The van der Waals surface area contributed by atoms with Gasteiger partial charge in [0.25, 0.3) is 0 Å². The molecule has 0 fully saturated rings. The van der Waals surface area contributed by atoms with Gasteiger partial charge in [0, 0.05) is 23.0 Å². The molecule has 0 aliphatic carbocycles. The molecule has 0 spiro atoms. The highest BCUT2D eigenvalue weighted by Gasteiger charge is 2.25. The van der Waals surface area contributed by atoms with Crippen LogP contribution in [0.15, 0.2) is 122 Å². The number of hydrogen-bond acceptors (Lipinski definition) is 11. The predicted molar refractivity (Wildman–Crippen MR) is 212 cm³/mol. The van der Waals surface area contributed by atoms with Gasteiger partial charge in [-0.2, -0.15) is 0 Å². The van der Waals surface area contributed by atoms with Crippen molar-refractivity contribution in [2.75, 3.05) is 39.6 Å². The Bertz CT molecular complexity index is 1710. The minimum atomic E-state index is -0.958. The second kappa shape index (κ2) is 20.3. The van der Waals surface area contributed by atoms with Gasteiger partial charge >= 0.3 is 11.9 Å². The highest BCUT2D eigenvalue weighted by atomic mass is 16.6. The van der Waals surface area contributed by atoms with E-state index in [1.54, 1.807) is 0 Å². The zero-order chi connectivity index (χ0) is 40.7. The van der Waals surface area contributed by atoms with Crippen LogP contribution >= 0.6 is 0 Å². The summed E-state index contributed by atoms with van der Waals surface area (Å²) in [5.74, 6) is 1.22. The fourth-order valence-corrected chi connectivity index (χ4v) is 5.59. The van der Waals surface area contributed by atoms with Crippen LogP contribution in [0, 0.1) is 0 Å². The third-order valence-electron chi connectivity index (χ3n) is 9.24. The van der Waals surface area contributed by atoms with Crippen molar-refractivity contribution < 1.29 is 53.3 Å². The largest absolute Gasteiger partial charge is 0.491 e. The summed E-state index contributed by atoms with van der Waals surface area (Å²) in [5, 5.41) is 30.5. The van der Waals surface area contributed by atoms with Crippen molar-refractivity contribution in [3.05, 3.63) is 145 Å². The quantitative estimate of drug-likeness (QED) is 0.0630. The second-order valence-corrected chi connectivity index (χ2v) is 14.2. The van der Waals surface area contributed by atoms with Crippen molar-refractivity contribution >= 4 is 11.9 Å². The molecular weight excluding hydrogens is 716 g/mol. The van der Waals surface area contributed by atoms with Crippen LogP contribution in [0.4, 0.5) is 0 Å². The Hall–Kier alpha value is -5.62. The first-order valence-corrected chi connectivity index (χ1v) is 18.3. The van der Waals surface area contributed by atoms with Crippen LogP contribution in [0.3, 0.4) is 0 Å². The van der Waals surface area contributed by atoms with E-state index in [4.69, 9.17) is 28.4 Å². The lowest BCUT2D eigenvalue weighted by Gasteiger charge is -2.27. The van der Waals surface area contributed by atoms with Crippen LogP contribution in [0.5, 0.6) is 23.0 Å². The molecule has 0 aliphatic rings. The molecule has 0 heterocycles. The SMILES string of the molecule is C=CC(=O)OCC(O)COc1ccc(C(C)(C)c2ccc(OCC(O)COc3ccc(C(C)(C)c4ccc(OCC(O)COC(=O)C=C)cc4)cc3)cc2)cc1. The molecule has 4 aromatic carbocycles. The Morgan fingerprint density at radius 2 is 0.679 bits per heavy atom. The minimum Gasteiger partial charge on any atom is -0.491 e. The van der Waals surface area contributed by atoms with Crippen molar-refractivity contribution in [3.63, 3.8) is 0 Å². The molecule has 11 heteroatoms. The molecule has 56 heavy (non-hydrogen) atoms. The van der Waals surface area contributed by atoms with Gasteiger partial charge in [0.15, 0.2) is 0 Å². The number of hydrogen-bond donors (Lipinski definition) is 3. The van der Waals surface area contributed by atoms with Gasteiger partial charge in [-0.15, -0.1) is 0 Å². The van der Waals surface area contributed by atoms with Crippen molar-refractivity contribution in [3.8, 4) is 23.0 Å². The van der Waals surface area contributed by atoms with Gasteiger partial charge in [0.05, 0.1) is 0 Å². The van der Waals surface area contributed by atoms with E-state index in [0.29, 0.717) is 23.0 Å². The zero-order valence-corrected chi connectivity index (χ0v) is 32.4. The van der Waals surface area contributed by atoms with Gasteiger partial charge in [0.1, 0.15) is 81.0 Å². The molecule has 0 saturated carbocycles. The van der Waals surface area contributed by atoms with Gasteiger partial charge in [0.2, 0.25) is 0 Å². The topological polar surface area (TPSA) is 150 Å². The Morgan fingerprint density at radius 3 is 0.893 bits per heavy atom. The molecule has 298 valence electrons. The highest BCUT2D eigenvalue weighted by molar-refractivity contribution is 5.81. The molecule has 2 atom stereocenters. The first kappa shape index (κ1) is 43.1. The number of carbonyl (C=O) groups excluding carboxylic acids is 2. The van der Waals surface area contributed by atoms with E-state index in [-0.39, 0.29) is 50.5 Å².